The number of nitrogens with two attached hydrogens (primary N) is 1. The van der Waals surface area contributed by atoms with Gasteiger partial charge in [-0.3, -0.25) is 14.7 Å². The summed E-state index contributed by atoms with van der Waals surface area (Å²) in [5.74, 6) is -0.479. The Morgan fingerprint density at radius 2 is 2.14 bits per heavy atom. The number of piperidine rings is 1. The second kappa shape index (κ2) is 6.77. The minimum atomic E-state index is -0.515. The SMILES string of the molecule is CC/C(C)=C(\C)C(=O)N1CCCCC1c1[nH]ncc1C(N)=O. The van der Waals surface area contributed by atoms with Gasteiger partial charge in [0.05, 0.1) is 23.5 Å². The third-order valence-corrected chi connectivity index (χ3v) is 4.52. The number of hydrogen-bond donors (Lipinski definition) is 2. The van der Waals surface area contributed by atoms with Crippen molar-refractivity contribution in [3.05, 3.63) is 28.6 Å². The van der Waals surface area contributed by atoms with E-state index in [0.29, 0.717) is 17.8 Å². The van der Waals surface area contributed by atoms with Gasteiger partial charge in [0.1, 0.15) is 0 Å². The third-order valence-electron chi connectivity index (χ3n) is 4.52. The molecule has 0 saturated carbocycles. The lowest BCUT2D eigenvalue weighted by Crippen LogP contribution is -2.40. The van der Waals surface area contributed by atoms with Crippen molar-refractivity contribution in [3.8, 4) is 0 Å². The number of aromatic nitrogens is 2. The number of nitrogens with one attached hydrogen (secondary N) is 1. The number of H-pyrrole nitrogens is 1. The van der Waals surface area contributed by atoms with E-state index in [1.165, 1.54) is 6.20 Å². The van der Waals surface area contributed by atoms with Crippen molar-refractivity contribution in [1.82, 2.24) is 15.1 Å². The summed E-state index contributed by atoms with van der Waals surface area (Å²) in [5.41, 5.74) is 8.31. The zero-order valence-electron chi connectivity index (χ0n) is 13.5. The maximum Gasteiger partial charge on any atom is 0.252 e. The van der Waals surface area contributed by atoms with Gasteiger partial charge in [-0.2, -0.15) is 5.10 Å². The highest BCUT2D eigenvalue weighted by atomic mass is 16.2. The molecular formula is C16H24N4O2. The van der Waals surface area contributed by atoms with Gasteiger partial charge in [-0.25, -0.2) is 0 Å². The smallest absolute Gasteiger partial charge is 0.252 e. The second-order valence-corrected chi connectivity index (χ2v) is 5.83. The molecule has 2 amide bonds. The first-order valence-corrected chi connectivity index (χ1v) is 7.77. The monoisotopic (exact) mass is 304 g/mol. The Kier molecular flexibility index (Phi) is 5.00. The van der Waals surface area contributed by atoms with E-state index in [0.717, 1.165) is 36.8 Å². The van der Waals surface area contributed by atoms with Gasteiger partial charge in [0, 0.05) is 12.1 Å². The van der Waals surface area contributed by atoms with Crippen LogP contribution in [0, 0.1) is 0 Å². The van der Waals surface area contributed by atoms with Gasteiger partial charge in [-0.1, -0.05) is 12.5 Å². The fourth-order valence-corrected chi connectivity index (χ4v) is 2.88. The number of amides is 2. The predicted octanol–water partition coefficient (Wildman–Crippen LogP) is 2.31. The van der Waals surface area contributed by atoms with Crippen molar-refractivity contribution in [1.29, 1.82) is 0 Å². The van der Waals surface area contributed by atoms with Crippen LogP contribution in [0.1, 0.15) is 68.5 Å². The molecule has 0 aromatic carbocycles. The molecule has 1 aromatic rings. The minimum Gasteiger partial charge on any atom is -0.365 e. The Labute approximate surface area is 130 Å². The highest BCUT2D eigenvalue weighted by molar-refractivity contribution is 5.95. The van der Waals surface area contributed by atoms with Crippen LogP contribution in [0.4, 0.5) is 0 Å². The fraction of sp³-hybridized carbons (Fsp3) is 0.562. The number of aromatic amines is 1. The molecule has 0 spiro atoms. The normalized spacial score (nSPS) is 19.8. The number of allylic oxidation sites excluding steroid dienone is 1. The Bertz CT molecular complexity index is 603. The summed E-state index contributed by atoms with van der Waals surface area (Å²) in [6.45, 7) is 6.58. The van der Waals surface area contributed by atoms with Crippen molar-refractivity contribution >= 4 is 11.8 Å². The van der Waals surface area contributed by atoms with E-state index < -0.39 is 5.91 Å². The Morgan fingerprint density at radius 1 is 1.41 bits per heavy atom. The number of nitrogens with zero attached hydrogens (tertiary/aromatic N) is 2. The third kappa shape index (κ3) is 3.05. The van der Waals surface area contributed by atoms with Crippen LogP contribution in [0.3, 0.4) is 0 Å². The lowest BCUT2D eigenvalue weighted by atomic mass is 9.95. The van der Waals surface area contributed by atoms with Crippen molar-refractivity contribution < 1.29 is 9.59 Å². The fourth-order valence-electron chi connectivity index (χ4n) is 2.88. The molecule has 0 radical (unpaired) electrons. The molecule has 1 atom stereocenters. The van der Waals surface area contributed by atoms with Crippen LogP contribution in [-0.2, 0) is 4.79 Å². The van der Waals surface area contributed by atoms with Gasteiger partial charge in [-0.05, 0) is 39.5 Å². The van der Waals surface area contributed by atoms with Crippen LogP contribution in [0.5, 0.6) is 0 Å². The molecule has 0 aliphatic carbocycles. The summed E-state index contributed by atoms with van der Waals surface area (Å²) in [5, 5.41) is 6.80. The lowest BCUT2D eigenvalue weighted by Gasteiger charge is -2.36. The summed E-state index contributed by atoms with van der Waals surface area (Å²) >= 11 is 0. The first-order chi connectivity index (χ1) is 10.5. The largest absolute Gasteiger partial charge is 0.365 e. The summed E-state index contributed by atoms with van der Waals surface area (Å²) < 4.78 is 0. The van der Waals surface area contributed by atoms with Crippen molar-refractivity contribution in [2.45, 2.75) is 52.5 Å². The Hall–Kier alpha value is -2.11. The average molecular weight is 304 g/mol. The molecule has 1 saturated heterocycles. The molecule has 3 N–H and O–H groups in total. The van der Waals surface area contributed by atoms with E-state index in [1.54, 1.807) is 0 Å². The van der Waals surface area contributed by atoms with E-state index in [2.05, 4.69) is 10.2 Å². The van der Waals surface area contributed by atoms with E-state index in [1.807, 2.05) is 25.7 Å². The maximum absolute atomic E-state index is 12.8. The number of carbonyl (C=O) groups is 2. The first-order valence-electron chi connectivity index (χ1n) is 7.77. The topological polar surface area (TPSA) is 92.1 Å². The van der Waals surface area contributed by atoms with Crippen molar-refractivity contribution in [2.75, 3.05) is 6.54 Å². The number of likely N-dealkylation sites (tertiary alicyclic amines) is 1. The van der Waals surface area contributed by atoms with Gasteiger partial charge < -0.3 is 10.6 Å². The summed E-state index contributed by atoms with van der Waals surface area (Å²) in [6, 6.07) is -0.161. The standard InChI is InChI=1S/C16H24N4O2/c1-4-10(2)11(3)16(22)20-8-6-5-7-13(20)14-12(15(17)21)9-18-19-14/h9,13H,4-8H2,1-3H3,(H2,17,21)(H,18,19)/b11-10+. The van der Waals surface area contributed by atoms with E-state index in [9.17, 15) is 9.59 Å². The van der Waals surface area contributed by atoms with Crippen LogP contribution >= 0.6 is 0 Å². The number of carbonyl (C=O) groups excluding carboxylic acids is 2. The van der Waals surface area contributed by atoms with Gasteiger partial charge in [0.2, 0.25) is 5.91 Å². The van der Waals surface area contributed by atoms with Crippen LogP contribution in [-0.4, -0.2) is 33.5 Å². The molecule has 2 heterocycles. The Balaban J connectivity index is 2.35. The summed E-state index contributed by atoms with van der Waals surface area (Å²) in [7, 11) is 0. The average Bonchev–Trinajstić information content (AvgIpc) is 3.02. The quantitative estimate of drug-likeness (QED) is 0.836. The van der Waals surface area contributed by atoms with Gasteiger partial charge in [0.15, 0.2) is 0 Å². The van der Waals surface area contributed by atoms with E-state index in [4.69, 9.17) is 5.73 Å². The molecule has 6 nitrogen and oxygen atoms in total. The molecule has 120 valence electrons. The van der Waals surface area contributed by atoms with Gasteiger partial charge in [-0.15, -0.1) is 0 Å². The van der Waals surface area contributed by atoms with Crippen LogP contribution < -0.4 is 5.73 Å². The predicted molar refractivity (Wildman–Crippen MR) is 84.1 cm³/mol. The Morgan fingerprint density at radius 3 is 2.77 bits per heavy atom. The molecule has 1 unspecified atom stereocenters. The van der Waals surface area contributed by atoms with Crippen molar-refractivity contribution in [2.24, 2.45) is 5.73 Å². The van der Waals surface area contributed by atoms with Gasteiger partial charge >= 0.3 is 0 Å². The zero-order valence-corrected chi connectivity index (χ0v) is 13.5. The number of hydrogen-bond acceptors (Lipinski definition) is 3. The maximum atomic E-state index is 12.8. The molecule has 6 heteroatoms. The second-order valence-electron chi connectivity index (χ2n) is 5.83. The molecular weight excluding hydrogens is 280 g/mol. The molecule has 0 bridgehead atoms. The van der Waals surface area contributed by atoms with Crippen LogP contribution in [0.15, 0.2) is 17.3 Å². The molecule has 2 rings (SSSR count). The van der Waals surface area contributed by atoms with E-state index >= 15 is 0 Å². The van der Waals surface area contributed by atoms with Crippen molar-refractivity contribution in [3.63, 3.8) is 0 Å². The molecule has 22 heavy (non-hydrogen) atoms. The van der Waals surface area contributed by atoms with Crippen LogP contribution in [0.2, 0.25) is 0 Å². The highest BCUT2D eigenvalue weighted by Crippen LogP contribution is 2.33. The zero-order chi connectivity index (χ0) is 16.3. The minimum absolute atomic E-state index is 0.0362. The molecule has 1 aliphatic rings. The number of rotatable bonds is 4. The lowest BCUT2D eigenvalue weighted by molar-refractivity contribution is -0.131. The highest BCUT2D eigenvalue weighted by Gasteiger charge is 2.32. The van der Waals surface area contributed by atoms with Crippen LogP contribution in [0.25, 0.3) is 0 Å². The van der Waals surface area contributed by atoms with Gasteiger partial charge in [0.25, 0.3) is 5.91 Å². The first kappa shape index (κ1) is 16.3. The van der Waals surface area contributed by atoms with E-state index in [-0.39, 0.29) is 11.9 Å². The number of primary amides is 1. The molecule has 1 aromatic heterocycles. The summed E-state index contributed by atoms with van der Waals surface area (Å²) in [4.78, 5) is 26.2. The summed E-state index contributed by atoms with van der Waals surface area (Å²) in [6.07, 6.45) is 5.09. The molecule has 1 aliphatic heterocycles. The molecule has 1 fully saturated rings.